The van der Waals surface area contributed by atoms with Crippen LogP contribution in [0.25, 0.3) is 17.1 Å². The molecule has 0 radical (unpaired) electrons. The Kier molecular flexibility index (Phi) is 7.69. The molecular formula is C25H28N6O5S. The largest absolute Gasteiger partial charge is 0.494 e. The smallest absolute Gasteiger partial charge is 0.243 e. The van der Waals surface area contributed by atoms with Crippen molar-refractivity contribution >= 4 is 16.0 Å². The summed E-state index contributed by atoms with van der Waals surface area (Å²) in [6.07, 6.45) is 2.29. The van der Waals surface area contributed by atoms with Crippen molar-refractivity contribution in [2.75, 3.05) is 26.1 Å². The lowest BCUT2D eigenvalue weighted by atomic mass is 10.2. The Hall–Kier alpha value is -4.03. The van der Waals surface area contributed by atoms with E-state index in [1.54, 1.807) is 35.2 Å². The molecule has 0 saturated heterocycles. The molecule has 0 bridgehead atoms. The minimum absolute atomic E-state index is 0.0480. The molecule has 0 unspecified atom stereocenters. The molecule has 4 aromatic rings. The molecule has 1 N–H and O–H groups in total. The van der Waals surface area contributed by atoms with E-state index in [4.69, 9.17) is 14.2 Å². The van der Waals surface area contributed by atoms with Crippen LogP contribution in [0.15, 0.2) is 60.9 Å². The quantitative estimate of drug-likeness (QED) is 0.331. The van der Waals surface area contributed by atoms with Gasteiger partial charge in [0.1, 0.15) is 28.5 Å². The monoisotopic (exact) mass is 524 g/mol. The molecule has 11 nitrogen and oxygen atoms in total. The minimum atomic E-state index is -4.08. The normalized spacial score (nSPS) is 13.1. The lowest BCUT2D eigenvalue weighted by Gasteiger charge is -2.23. The zero-order valence-corrected chi connectivity index (χ0v) is 21.9. The molecule has 0 saturated carbocycles. The number of nitrogens with one attached hydrogen (secondary N) is 1. The van der Waals surface area contributed by atoms with Gasteiger partial charge in [-0.1, -0.05) is 36.4 Å². The first-order valence-electron chi connectivity index (χ1n) is 11.4. The number of benzene rings is 2. The molecule has 2 heterocycles. The number of anilines is 1. The number of aromatic nitrogens is 5. The molecule has 194 valence electrons. The van der Waals surface area contributed by atoms with Gasteiger partial charge in [-0.2, -0.15) is 0 Å². The number of ether oxygens (including phenoxy) is 3. The van der Waals surface area contributed by atoms with E-state index in [2.05, 4.69) is 24.9 Å². The van der Waals surface area contributed by atoms with Gasteiger partial charge in [0.2, 0.25) is 16.0 Å². The van der Waals surface area contributed by atoms with Crippen molar-refractivity contribution in [1.82, 2.24) is 24.7 Å². The molecule has 4 rings (SSSR count). The number of para-hydroxylation sites is 1. The van der Waals surface area contributed by atoms with Crippen LogP contribution in [-0.4, -0.2) is 59.7 Å². The summed E-state index contributed by atoms with van der Waals surface area (Å²) in [5, 5.41) is 7.43. The summed E-state index contributed by atoms with van der Waals surface area (Å²) in [5.41, 5.74) is 2.00. The first kappa shape index (κ1) is 26.0. The van der Waals surface area contributed by atoms with E-state index in [-0.39, 0.29) is 11.8 Å². The zero-order chi connectivity index (χ0) is 26.6. The Morgan fingerprint density at radius 1 is 0.892 bits per heavy atom. The van der Waals surface area contributed by atoms with Crippen molar-refractivity contribution in [1.29, 1.82) is 0 Å². The summed E-state index contributed by atoms with van der Waals surface area (Å²) in [7, 11) is 0.362. The van der Waals surface area contributed by atoms with E-state index in [0.29, 0.717) is 28.6 Å². The Bertz CT molecular complexity index is 1440. The summed E-state index contributed by atoms with van der Waals surface area (Å²) in [6, 6.07) is 14.5. The van der Waals surface area contributed by atoms with E-state index < -0.39 is 21.4 Å². The van der Waals surface area contributed by atoms with Gasteiger partial charge < -0.3 is 14.2 Å². The van der Waals surface area contributed by atoms with Gasteiger partial charge in [-0.3, -0.25) is 9.29 Å². The maximum Gasteiger partial charge on any atom is 0.243 e. The molecule has 2 aromatic carbocycles. The molecule has 0 aliphatic rings. The highest BCUT2D eigenvalue weighted by Gasteiger charge is 2.35. The third kappa shape index (κ3) is 5.25. The SMILES string of the molecule is COc1cccc(OC)c1-n1c(NS(=O)(=O)[C@@H](C)[C@H](OC)c2ncc(C)cn2)nnc1-c1ccccc1. The number of hydrogen-bond acceptors (Lipinski definition) is 9. The average molecular weight is 525 g/mol. The first-order valence-corrected chi connectivity index (χ1v) is 12.9. The van der Waals surface area contributed by atoms with Crippen molar-refractivity contribution in [3.05, 3.63) is 72.3 Å². The Morgan fingerprint density at radius 2 is 1.51 bits per heavy atom. The van der Waals surface area contributed by atoms with Crippen molar-refractivity contribution < 1.29 is 22.6 Å². The van der Waals surface area contributed by atoms with Crippen molar-refractivity contribution in [2.24, 2.45) is 0 Å². The van der Waals surface area contributed by atoms with Crippen molar-refractivity contribution in [3.63, 3.8) is 0 Å². The number of hydrogen-bond donors (Lipinski definition) is 1. The van der Waals surface area contributed by atoms with E-state index in [1.165, 1.54) is 28.3 Å². The summed E-state index contributed by atoms with van der Waals surface area (Å²) in [6.45, 7) is 3.36. The predicted octanol–water partition coefficient (Wildman–Crippen LogP) is 3.57. The predicted molar refractivity (Wildman–Crippen MR) is 138 cm³/mol. The third-order valence-corrected chi connectivity index (χ3v) is 7.47. The van der Waals surface area contributed by atoms with Crippen LogP contribution in [0.5, 0.6) is 11.5 Å². The van der Waals surface area contributed by atoms with Gasteiger partial charge in [0, 0.05) is 25.1 Å². The van der Waals surface area contributed by atoms with E-state index in [1.807, 2.05) is 37.3 Å². The summed E-state index contributed by atoms with van der Waals surface area (Å²) in [4.78, 5) is 8.50. The Labute approximate surface area is 215 Å². The number of methoxy groups -OCH3 is 3. The summed E-state index contributed by atoms with van der Waals surface area (Å²) in [5.74, 6) is 1.47. The first-order chi connectivity index (χ1) is 17.8. The molecular weight excluding hydrogens is 496 g/mol. The van der Waals surface area contributed by atoms with Crippen molar-refractivity contribution in [2.45, 2.75) is 25.2 Å². The van der Waals surface area contributed by atoms with Gasteiger partial charge >= 0.3 is 0 Å². The van der Waals surface area contributed by atoms with Crippen LogP contribution in [-0.2, 0) is 14.8 Å². The molecule has 2 atom stereocenters. The van der Waals surface area contributed by atoms with Gasteiger partial charge in [-0.15, -0.1) is 10.2 Å². The standard InChI is InChI=1S/C25H28N6O5S/c1-16-14-26-23(27-15-16)22(36-5)17(2)37(32,33)30-25-29-28-24(18-10-7-6-8-11-18)31(25)21-19(34-3)12-9-13-20(21)35-4/h6-15,17,22H,1-5H3,(H,29,30)/t17-,22-/m0/s1. The highest BCUT2D eigenvalue weighted by Crippen LogP contribution is 2.38. The summed E-state index contributed by atoms with van der Waals surface area (Å²) < 4.78 is 48.0. The highest BCUT2D eigenvalue weighted by atomic mass is 32.2. The molecule has 0 aliphatic heterocycles. The number of aryl methyl sites for hydroxylation is 1. The lowest BCUT2D eigenvalue weighted by molar-refractivity contribution is 0.0949. The third-order valence-electron chi connectivity index (χ3n) is 5.78. The van der Waals surface area contributed by atoms with E-state index in [9.17, 15) is 8.42 Å². The maximum absolute atomic E-state index is 13.6. The van der Waals surface area contributed by atoms with E-state index in [0.717, 1.165) is 5.56 Å². The minimum Gasteiger partial charge on any atom is -0.494 e. The van der Waals surface area contributed by atoms with Crippen LogP contribution < -0.4 is 14.2 Å². The molecule has 0 aliphatic carbocycles. The van der Waals surface area contributed by atoms with Gasteiger partial charge in [0.05, 0.1) is 14.2 Å². The highest BCUT2D eigenvalue weighted by molar-refractivity contribution is 7.93. The number of nitrogens with zero attached hydrogens (tertiary/aromatic N) is 5. The van der Waals surface area contributed by atoms with Crippen LogP contribution in [0.2, 0.25) is 0 Å². The van der Waals surface area contributed by atoms with Gasteiger partial charge in [-0.05, 0) is 31.5 Å². The molecule has 0 spiro atoms. The fraction of sp³-hybridized carbons (Fsp3) is 0.280. The fourth-order valence-corrected chi connectivity index (χ4v) is 4.96. The second kappa shape index (κ2) is 10.9. The summed E-state index contributed by atoms with van der Waals surface area (Å²) >= 11 is 0. The zero-order valence-electron chi connectivity index (χ0n) is 21.1. The van der Waals surface area contributed by atoms with Crippen LogP contribution >= 0.6 is 0 Å². The Balaban J connectivity index is 1.83. The molecule has 12 heteroatoms. The molecule has 0 fully saturated rings. The maximum atomic E-state index is 13.6. The topological polar surface area (TPSA) is 130 Å². The lowest BCUT2D eigenvalue weighted by Crippen LogP contribution is -2.33. The van der Waals surface area contributed by atoms with Crippen LogP contribution in [0, 0.1) is 6.92 Å². The van der Waals surface area contributed by atoms with E-state index >= 15 is 0 Å². The Morgan fingerprint density at radius 3 is 2.08 bits per heavy atom. The van der Waals surface area contributed by atoms with Crippen LogP contribution in [0.3, 0.4) is 0 Å². The number of sulfonamides is 1. The molecule has 0 amide bonds. The van der Waals surface area contributed by atoms with Crippen molar-refractivity contribution in [3.8, 4) is 28.6 Å². The number of rotatable bonds is 10. The second-order valence-corrected chi connectivity index (χ2v) is 10.2. The van der Waals surface area contributed by atoms with Crippen LogP contribution in [0.1, 0.15) is 24.4 Å². The fourth-order valence-electron chi connectivity index (χ4n) is 3.83. The van der Waals surface area contributed by atoms with Gasteiger partial charge in [0.25, 0.3) is 0 Å². The molecule has 2 aromatic heterocycles. The van der Waals surface area contributed by atoms with Gasteiger partial charge in [-0.25, -0.2) is 18.4 Å². The van der Waals surface area contributed by atoms with Gasteiger partial charge in [0.15, 0.2) is 11.6 Å². The molecule has 37 heavy (non-hydrogen) atoms. The second-order valence-electron chi connectivity index (χ2n) is 8.19. The average Bonchev–Trinajstić information content (AvgIpc) is 3.32. The van der Waals surface area contributed by atoms with Crippen LogP contribution in [0.4, 0.5) is 5.95 Å².